The Morgan fingerprint density at radius 1 is 0.786 bits per heavy atom. The molecule has 0 aromatic carbocycles. The lowest BCUT2D eigenvalue weighted by Crippen LogP contribution is -2.49. The van der Waals surface area contributed by atoms with Crippen molar-refractivity contribution in [2.75, 3.05) is 0 Å². The summed E-state index contributed by atoms with van der Waals surface area (Å²) in [5.74, 6) is 0. The van der Waals surface area contributed by atoms with Gasteiger partial charge in [0, 0.05) is 23.4 Å². The minimum atomic E-state index is 0.107. The molecule has 1 aliphatic carbocycles. The Morgan fingerprint density at radius 3 is 1.71 bits per heavy atom. The van der Waals surface area contributed by atoms with E-state index in [1.807, 2.05) is 0 Å². The van der Waals surface area contributed by atoms with Crippen LogP contribution in [-0.2, 0) is 0 Å². The third-order valence-electron chi connectivity index (χ3n) is 5.07. The molecule has 0 N–H and O–H groups in total. The Kier molecular flexibility index (Phi) is 7.59. The van der Waals surface area contributed by atoms with E-state index in [9.17, 15) is 0 Å². The van der Waals surface area contributed by atoms with E-state index in [4.69, 9.17) is 0 Å². The normalized spacial score (nSPS) is 18.4. The van der Waals surface area contributed by atoms with Crippen molar-refractivity contribution >= 4 is 6.21 Å². The van der Waals surface area contributed by atoms with Crippen molar-refractivity contribution in [3.63, 3.8) is 0 Å². The van der Waals surface area contributed by atoms with Gasteiger partial charge < -0.3 is 4.90 Å². The summed E-state index contributed by atoms with van der Waals surface area (Å²) in [4.78, 5) is 2.46. The molecule has 160 valence electrons. The average molecular weight is 388 g/mol. The molecule has 0 bridgehead atoms. The van der Waals surface area contributed by atoms with Crippen LogP contribution < -0.4 is 0 Å². The number of hydrogen-bond donors (Lipinski definition) is 0. The molecule has 0 saturated carbocycles. The predicted molar refractivity (Wildman–Crippen MR) is 126 cm³/mol. The lowest BCUT2D eigenvalue weighted by molar-refractivity contribution is -0.652. The van der Waals surface area contributed by atoms with Crippen LogP contribution in [0.25, 0.3) is 0 Å². The molecule has 1 rings (SSSR count). The van der Waals surface area contributed by atoms with E-state index in [-0.39, 0.29) is 22.2 Å². The highest BCUT2D eigenvalue weighted by Gasteiger charge is 2.34. The van der Waals surface area contributed by atoms with Gasteiger partial charge in [-0.25, -0.2) is 4.58 Å². The molecule has 28 heavy (non-hydrogen) atoms. The van der Waals surface area contributed by atoms with Crippen LogP contribution in [0.1, 0.15) is 102 Å². The molecule has 0 aromatic rings. The zero-order chi connectivity index (χ0) is 22.0. The van der Waals surface area contributed by atoms with Crippen molar-refractivity contribution in [1.29, 1.82) is 0 Å². The van der Waals surface area contributed by atoms with Crippen molar-refractivity contribution < 1.29 is 4.58 Å². The second-order valence-corrected chi connectivity index (χ2v) is 12.2. The standard InChI is InChI=1S/C26H47N2/c1-23(2,3)27(24(4,5)6)18-16-21-14-13-15-22(20-21)17-19-28(25(7,8)9)26(10,11)12/h16-20H,13-15H2,1-12H3/q+1. The van der Waals surface area contributed by atoms with Crippen molar-refractivity contribution in [2.45, 2.75) is 125 Å². The van der Waals surface area contributed by atoms with Gasteiger partial charge in [-0.15, -0.1) is 0 Å². The first-order valence-electron chi connectivity index (χ1n) is 10.9. The fourth-order valence-electron chi connectivity index (χ4n) is 4.39. The predicted octanol–water partition coefficient (Wildman–Crippen LogP) is 7.12. The zero-order valence-corrected chi connectivity index (χ0v) is 20.9. The van der Waals surface area contributed by atoms with Gasteiger partial charge in [0.15, 0.2) is 17.3 Å². The minimum Gasteiger partial charge on any atom is -0.368 e. The van der Waals surface area contributed by atoms with Crippen LogP contribution in [0.2, 0.25) is 0 Å². The highest BCUT2D eigenvalue weighted by molar-refractivity contribution is 5.69. The largest absolute Gasteiger partial charge is 0.368 e. The van der Waals surface area contributed by atoms with Gasteiger partial charge in [0.05, 0.1) is 0 Å². The van der Waals surface area contributed by atoms with Gasteiger partial charge in [-0.2, -0.15) is 0 Å². The van der Waals surface area contributed by atoms with Crippen LogP contribution in [0.4, 0.5) is 0 Å². The summed E-state index contributed by atoms with van der Waals surface area (Å²) < 4.78 is 2.46. The first-order chi connectivity index (χ1) is 12.4. The summed E-state index contributed by atoms with van der Waals surface area (Å²) in [6, 6.07) is 0. The lowest BCUT2D eigenvalue weighted by Gasteiger charge is -2.45. The molecular formula is C26H47N2+. The van der Waals surface area contributed by atoms with Gasteiger partial charge >= 0.3 is 0 Å². The zero-order valence-electron chi connectivity index (χ0n) is 20.9. The first kappa shape index (κ1) is 24.7. The Hall–Kier alpha value is -1.31. The monoisotopic (exact) mass is 387 g/mol. The second kappa shape index (κ2) is 8.59. The maximum Gasteiger partial charge on any atom is 0.164 e. The van der Waals surface area contributed by atoms with E-state index in [1.165, 1.54) is 17.6 Å². The van der Waals surface area contributed by atoms with Gasteiger partial charge in [0.2, 0.25) is 0 Å². The molecule has 1 aliphatic rings. The molecule has 0 unspecified atom stereocenters. The molecule has 0 aliphatic heterocycles. The van der Waals surface area contributed by atoms with Gasteiger partial charge in [-0.3, -0.25) is 0 Å². The molecule has 0 fully saturated rings. The average Bonchev–Trinajstić information content (AvgIpc) is 2.42. The fraction of sp³-hybridized carbons (Fsp3) is 0.731. The smallest absolute Gasteiger partial charge is 0.164 e. The number of hydrogen-bond acceptors (Lipinski definition) is 1. The summed E-state index contributed by atoms with van der Waals surface area (Å²) >= 11 is 0. The minimum absolute atomic E-state index is 0.107. The Bertz CT molecular complexity index is 615. The van der Waals surface area contributed by atoms with E-state index in [0.29, 0.717) is 0 Å². The lowest BCUT2D eigenvalue weighted by atomic mass is 9.93. The number of allylic oxidation sites excluding steroid dienone is 5. The maximum atomic E-state index is 2.46. The molecular weight excluding hydrogens is 340 g/mol. The Morgan fingerprint density at radius 2 is 1.29 bits per heavy atom. The maximum absolute atomic E-state index is 2.46. The van der Waals surface area contributed by atoms with E-state index >= 15 is 0 Å². The van der Waals surface area contributed by atoms with Gasteiger partial charge in [-0.05, 0) is 120 Å². The van der Waals surface area contributed by atoms with E-state index in [2.05, 4.69) is 123 Å². The van der Waals surface area contributed by atoms with E-state index in [1.54, 1.807) is 0 Å². The third kappa shape index (κ3) is 7.60. The SMILES string of the molecule is CC(C)(C)N(/C=C/C1=CC(=C/C=[N+](C(C)(C)C)C(C)(C)C)/CCC1)C(C)(C)C. The summed E-state index contributed by atoms with van der Waals surface area (Å²) in [7, 11) is 0. The second-order valence-electron chi connectivity index (χ2n) is 12.2. The molecule has 2 nitrogen and oxygen atoms in total. The van der Waals surface area contributed by atoms with Crippen LogP contribution in [0.5, 0.6) is 0 Å². The van der Waals surface area contributed by atoms with Crippen LogP contribution in [-0.4, -0.2) is 37.8 Å². The fourth-order valence-corrected chi connectivity index (χ4v) is 4.39. The highest BCUT2D eigenvalue weighted by Crippen LogP contribution is 2.28. The quantitative estimate of drug-likeness (QED) is 0.369. The first-order valence-corrected chi connectivity index (χ1v) is 10.9. The van der Waals surface area contributed by atoms with Crippen molar-refractivity contribution in [2.24, 2.45) is 0 Å². The molecule has 0 spiro atoms. The van der Waals surface area contributed by atoms with E-state index in [0.717, 1.165) is 12.8 Å². The summed E-state index contributed by atoms with van der Waals surface area (Å²) in [6.45, 7) is 27.4. The van der Waals surface area contributed by atoms with Crippen molar-refractivity contribution in [3.05, 3.63) is 35.6 Å². The topological polar surface area (TPSA) is 6.25 Å². The van der Waals surface area contributed by atoms with Gasteiger partial charge in [-0.1, -0.05) is 6.08 Å². The third-order valence-corrected chi connectivity index (χ3v) is 5.07. The number of nitrogens with zero attached hydrogens (tertiary/aromatic N) is 2. The molecule has 0 heterocycles. The van der Waals surface area contributed by atoms with Crippen LogP contribution >= 0.6 is 0 Å². The summed E-state index contributed by atoms with van der Waals surface area (Å²) in [5.41, 5.74) is 3.30. The van der Waals surface area contributed by atoms with Gasteiger partial charge in [0.25, 0.3) is 0 Å². The van der Waals surface area contributed by atoms with Crippen molar-refractivity contribution in [3.8, 4) is 0 Å². The molecule has 0 aromatic heterocycles. The highest BCUT2D eigenvalue weighted by atomic mass is 15.2. The van der Waals surface area contributed by atoms with Gasteiger partial charge in [0.1, 0.15) is 0 Å². The molecule has 2 heteroatoms. The van der Waals surface area contributed by atoms with Crippen LogP contribution in [0.3, 0.4) is 0 Å². The molecule has 0 radical (unpaired) electrons. The van der Waals surface area contributed by atoms with Crippen molar-refractivity contribution in [1.82, 2.24) is 4.90 Å². The number of rotatable bonds is 3. The molecule has 0 saturated heterocycles. The summed E-state index contributed by atoms with van der Waals surface area (Å²) in [6.07, 6.45) is 15.2. The summed E-state index contributed by atoms with van der Waals surface area (Å²) in [5, 5.41) is 0. The molecule has 0 amide bonds. The molecule has 0 atom stereocenters. The Labute approximate surface area is 176 Å². The van der Waals surface area contributed by atoms with Crippen LogP contribution in [0, 0.1) is 0 Å². The van der Waals surface area contributed by atoms with E-state index < -0.39 is 0 Å². The Balaban J connectivity index is 3.16. The van der Waals surface area contributed by atoms with Crippen LogP contribution in [0.15, 0.2) is 35.6 Å².